The summed E-state index contributed by atoms with van der Waals surface area (Å²) in [7, 11) is 0. The monoisotopic (exact) mass is 1030 g/mol. The second kappa shape index (κ2) is 59.7. The Balaban J connectivity index is -0.000000419. The maximum absolute atomic E-state index is 10.2. The standard InChI is InChI=1S/3C18H34O3.La/c3*1-2-3-4-11-14-17(19)15-12-9-7-5-6-8-10-13-16-18(20)21;/h3*9,12,17,19H,2-8,10-11,13-16H2,1H3,(H,20,21);/q;;;+3/p-3/b3*12-9-;. The minimum Gasteiger partial charge on any atom is -0.550 e. The van der Waals surface area contributed by atoms with Crippen LogP contribution >= 0.6 is 0 Å². The second-order valence-electron chi connectivity index (χ2n) is 17.7. The number of unbranched alkanes of at least 4 members (excludes halogenated alkanes) is 24. The smallest absolute Gasteiger partial charge is 0.550 e. The topological polar surface area (TPSA) is 181 Å². The summed E-state index contributed by atoms with van der Waals surface area (Å²) in [4.78, 5) is 30.7. The number of carbonyl (C=O) groups is 3. The van der Waals surface area contributed by atoms with Gasteiger partial charge < -0.3 is 45.0 Å². The Morgan fingerprint density at radius 2 is 0.562 bits per heavy atom. The maximum Gasteiger partial charge on any atom is 3.00 e. The average molecular weight is 1030 g/mol. The van der Waals surface area contributed by atoms with Crippen LogP contribution in [0, 0.1) is 35.6 Å². The van der Waals surface area contributed by atoms with Gasteiger partial charge in [-0.05, 0) is 116 Å². The number of aliphatic carboxylic acids is 3. The van der Waals surface area contributed by atoms with Crippen LogP contribution in [0.5, 0.6) is 0 Å². The summed E-state index contributed by atoms with van der Waals surface area (Å²) in [5.41, 5.74) is 0. The van der Waals surface area contributed by atoms with Crippen molar-refractivity contribution in [3.63, 3.8) is 0 Å². The van der Waals surface area contributed by atoms with E-state index in [1.54, 1.807) is 0 Å². The Morgan fingerprint density at radius 3 is 0.797 bits per heavy atom. The molecule has 64 heavy (non-hydrogen) atoms. The first-order valence-electron chi connectivity index (χ1n) is 26.1. The van der Waals surface area contributed by atoms with Crippen LogP contribution in [-0.4, -0.2) is 51.5 Å². The summed E-state index contributed by atoms with van der Waals surface area (Å²) in [5, 5.41) is 60.0. The summed E-state index contributed by atoms with van der Waals surface area (Å²) < 4.78 is 0. The largest absolute Gasteiger partial charge is 3.00 e. The molecule has 0 aliphatic carbocycles. The Kier molecular flexibility index (Phi) is 64.6. The molecule has 3 atom stereocenters. The second-order valence-corrected chi connectivity index (χ2v) is 17.7. The van der Waals surface area contributed by atoms with Gasteiger partial charge in [0.25, 0.3) is 0 Å². The molecule has 0 heterocycles. The van der Waals surface area contributed by atoms with Gasteiger partial charge in [-0.1, -0.05) is 192 Å². The zero-order valence-electron chi connectivity index (χ0n) is 41.6. The Labute approximate surface area is 421 Å². The third-order valence-electron chi connectivity index (χ3n) is 11.2. The molecule has 0 saturated heterocycles. The molecule has 0 rings (SSSR count). The van der Waals surface area contributed by atoms with E-state index in [9.17, 15) is 45.0 Å². The fraction of sp³-hybridized carbons (Fsp3) is 0.833. The van der Waals surface area contributed by atoms with Gasteiger partial charge in [-0.3, -0.25) is 0 Å². The molecule has 3 N–H and O–H groups in total. The molecule has 0 saturated carbocycles. The molecule has 0 aromatic rings. The predicted octanol–water partition coefficient (Wildman–Crippen LogP) is 11.2. The molecule has 0 aliphatic heterocycles. The molecule has 0 amide bonds. The van der Waals surface area contributed by atoms with E-state index in [0.717, 1.165) is 173 Å². The number of allylic oxidation sites excluding steroid dienone is 3. The fourth-order valence-corrected chi connectivity index (χ4v) is 7.07. The number of rotatable bonds is 45. The Bertz CT molecular complexity index is 919. The number of hydrogen-bond donors (Lipinski definition) is 3. The number of aliphatic hydroxyl groups is 3. The molecular formula is C54H99LaO9. The van der Waals surface area contributed by atoms with Gasteiger partial charge in [0.15, 0.2) is 0 Å². The van der Waals surface area contributed by atoms with Crippen LogP contribution in [0.15, 0.2) is 36.5 Å². The molecule has 0 aromatic heterocycles. The molecule has 9 nitrogen and oxygen atoms in total. The number of carboxylic acid groups (broad SMARTS) is 3. The predicted molar refractivity (Wildman–Crippen MR) is 258 cm³/mol. The first-order chi connectivity index (χ1) is 30.5. The van der Waals surface area contributed by atoms with Crippen molar-refractivity contribution in [3.8, 4) is 0 Å². The summed E-state index contributed by atoms with van der Waals surface area (Å²) >= 11 is 0. The van der Waals surface area contributed by atoms with Crippen LogP contribution in [0.4, 0.5) is 0 Å². The van der Waals surface area contributed by atoms with Crippen LogP contribution in [-0.2, 0) is 14.4 Å². The van der Waals surface area contributed by atoms with E-state index in [0.29, 0.717) is 0 Å². The fourth-order valence-electron chi connectivity index (χ4n) is 7.07. The van der Waals surface area contributed by atoms with Crippen molar-refractivity contribution in [2.24, 2.45) is 0 Å². The first kappa shape index (κ1) is 69.3. The molecule has 372 valence electrons. The molecule has 0 aromatic carbocycles. The zero-order valence-corrected chi connectivity index (χ0v) is 45.3. The number of carbonyl (C=O) groups excluding carboxylic acids is 3. The molecule has 0 bridgehead atoms. The molecule has 3 unspecified atom stereocenters. The molecule has 0 radical (unpaired) electrons. The van der Waals surface area contributed by atoms with Crippen molar-refractivity contribution in [2.45, 2.75) is 289 Å². The third kappa shape index (κ3) is 69.7. The minimum absolute atomic E-state index is 0. The third-order valence-corrected chi connectivity index (χ3v) is 11.2. The molecule has 10 heteroatoms. The van der Waals surface area contributed by atoms with E-state index in [2.05, 4.69) is 57.2 Å². The van der Waals surface area contributed by atoms with Crippen LogP contribution in [0.2, 0.25) is 0 Å². The van der Waals surface area contributed by atoms with Crippen molar-refractivity contribution < 1.29 is 80.6 Å². The molecule has 0 fully saturated rings. The van der Waals surface area contributed by atoms with E-state index >= 15 is 0 Å². The van der Waals surface area contributed by atoms with Gasteiger partial charge in [-0.15, -0.1) is 0 Å². The van der Waals surface area contributed by atoms with Gasteiger partial charge in [0, 0.05) is 17.9 Å². The van der Waals surface area contributed by atoms with E-state index in [1.807, 2.05) is 0 Å². The van der Waals surface area contributed by atoms with Crippen LogP contribution < -0.4 is 15.3 Å². The van der Waals surface area contributed by atoms with Gasteiger partial charge in [0.1, 0.15) is 0 Å². The molecule has 0 spiro atoms. The summed E-state index contributed by atoms with van der Waals surface area (Å²) in [5.74, 6) is -2.82. The van der Waals surface area contributed by atoms with E-state index in [-0.39, 0.29) is 73.2 Å². The number of aliphatic hydroxyl groups excluding tert-OH is 3. The van der Waals surface area contributed by atoms with Gasteiger partial charge in [-0.25, -0.2) is 0 Å². The van der Waals surface area contributed by atoms with Gasteiger partial charge in [0.2, 0.25) is 0 Å². The normalized spacial score (nSPS) is 12.7. The first-order valence-corrected chi connectivity index (χ1v) is 26.1. The number of carboxylic acids is 3. The minimum atomic E-state index is -0.939. The van der Waals surface area contributed by atoms with Gasteiger partial charge in [0.05, 0.1) is 18.3 Å². The molecule has 0 aliphatic rings. The number of hydrogen-bond acceptors (Lipinski definition) is 9. The van der Waals surface area contributed by atoms with Crippen molar-refractivity contribution >= 4 is 17.9 Å². The van der Waals surface area contributed by atoms with Crippen LogP contribution in [0.25, 0.3) is 0 Å². The van der Waals surface area contributed by atoms with E-state index in [4.69, 9.17) is 0 Å². The average Bonchev–Trinajstić information content (AvgIpc) is 3.24. The zero-order chi connectivity index (χ0) is 47.3. The maximum atomic E-state index is 10.2. The summed E-state index contributed by atoms with van der Waals surface area (Å²) in [6.45, 7) is 6.59. The van der Waals surface area contributed by atoms with Crippen LogP contribution in [0.1, 0.15) is 271 Å². The molecular weight excluding hydrogens is 931 g/mol. The SMILES string of the molecule is CCCCCCC(O)C/C=C\CCCCCCCC(=O)[O-].CCCCCCC(O)C/C=C\CCCCCCCC(=O)[O-].CCCCCCC(O)C/C=C\CCCCCCCC(=O)[O-].[La+3]. The van der Waals surface area contributed by atoms with Crippen molar-refractivity contribution in [2.75, 3.05) is 0 Å². The van der Waals surface area contributed by atoms with Gasteiger partial charge >= 0.3 is 35.6 Å². The Hall–Kier alpha value is -1.30. The quantitative estimate of drug-likeness (QED) is 0.0395. The van der Waals surface area contributed by atoms with Crippen molar-refractivity contribution in [3.05, 3.63) is 36.5 Å². The Morgan fingerprint density at radius 1 is 0.344 bits per heavy atom. The van der Waals surface area contributed by atoms with Crippen molar-refractivity contribution in [1.82, 2.24) is 0 Å². The van der Waals surface area contributed by atoms with Crippen molar-refractivity contribution in [1.29, 1.82) is 0 Å². The van der Waals surface area contributed by atoms with E-state index in [1.165, 1.54) is 57.8 Å². The van der Waals surface area contributed by atoms with Crippen LogP contribution in [0.3, 0.4) is 0 Å². The summed E-state index contributed by atoms with van der Waals surface area (Å²) in [6.07, 6.45) is 51.0. The van der Waals surface area contributed by atoms with Gasteiger partial charge in [-0.2, -0.15) is 0 Å². The summed E-state index contributed by atoms with van der Waals surface area (Å²) in [6, 6.07) is 0. The van der Waals surface area contributed by atoms with E-state index < -0.39 is 17.9 Å².